The molecule has 2 aromatic carbocycles. The van der Waals surface area contributed by atoms with Crippen molar-refractivity contribution in [1.82, 2.24) is 9.97 Å². The molecular weight excluding hydrogens is 314 g/mol. The van der Waals surface area contributed by atoms with Crippen molar-refractivity contribution in [2.45, 2.75) is 33.8 Å². The number of nitrogens with one attached hydrogen (secondary N) is 1. The SMILES string of the molecule is Cc1cc(C)cc(Nc2nc3ccccc3nc2C(=O)OC(C)C)c1. The third kappa shape index (κ3) is 3.94. The molecule has 5 nitrogen and oxygen atoms in total. The van der Waals surface area contributed by atoms with Gasteiger partial charge in [0.2, 0.25) is 0 Å². The highest BCUT2D eigenvalue weighted by atomic mass is 16.5. The molecule has 0 unspecified atom stereocenters. The van der Waals surface area contributed by atoms with Gasteiger partial charge in [-0.15, -0.1) is 0 Å². The lowest BCUT2D eigenvalue weighted by molar-refractivity contribution is 0.0372. The lowest BCUT2D eigenvalue weighted by Gasteiger charge is -2.13. The van der Waals surface area contributed by atoms with Crippen LogP contribution in [0.4, 0.5) is 11.5 Å². The van der Waals surface area contributed by atoms with Crippen LogP contribution in [0.15, 0.2) is 42.5 Å². The predicted molar refractivity (Wildman–Crippen MR) is 99.3 cm³/mol. The van der Waals surface area contributed by atoms with E-state index in [2.05, 4.69) is 21.4 Å². The second-order valence-electron chi connectivity index (χ2n) is 6.36. The van der Waals surface area contributed by atoms with Gasteiger partial charge in [-0.25, -0.2) is 14.8 Å². The third-order valence-electron chi connectivity index (χ3n) is 3.59. The number of anilines is 2. The van der Waals surface area contributed by atoms with Gasteiger partial charge >= 0.3 is 5.97 Å². The van der Waals surface area contributed by atoms with E-state index in [-0.39, 0.29) is 11.8 Å². The van der Waals surface area contributed by atoms with Crippen LogP contribution in [0, 0.1) is 13.8 Å². The Hall–Kier alpha value is -2.95. The van der Waals surface area contributed by atoms with Crippen LogP contribution in [-0.4, -0.2) is 22.0 Å². The number of aryl methyl sites for hydroxylation is 2. The van der Waals surface area contributed by atoms with Crippen LogP contribution in [0.1, 0.15) is 35.5 Å². The molecule has 25 heavy (non-hydrogen) atoms. The molecule has 0 saturated heterocycles. The molecule has 5 heteroatoms. The van der Waals surface area contributed by atoms with Gasteiger partial charge in [0, 0.05) is 5.69 Å². The van der Waals surface area contributed by atoms with E-state index >= 15 is 0 Å². The van der Waals surface area contributed by atoms with Crippen molar-refractivity contribution in [3.63, 3.8) is 0 Å². The summed E-state index contributed by atoms with van der Waals surface area (Å²) in [6.45, 7) is 7.67. The van der Waals surface area contributed by atoms with Gasteiger partial charge in [-0.3, -0.25) is 0 Å². The van der Waals surface area contributed by atoms with Gasteiger partial charge in [0.15, 0.2) is 11.5 Å². The fourth-order valence-electron chi connectivity index (χ4n) is 2.68. The zero-order chi connectivity index (χ0) is 18.0. The molecule has 0 atom stereocenters. The van der Waals surface area contributed by atoms with E-state index in [1.165, 1.54) is 0 Å². The van der Waals surface area contributed by atoms with Crippen molar-refractivity contribution in [3.8, 4) is 0 Å². The Bertz CT molecular complexity index is 915. The molecule has 0 spiro atoms. The van der Waals surface area contributed by atoms with Gasteiger partial charge in [0.25, 0.3) is 0 Å². The predicted octanol–water partition coefficient (Wildman–Crippen LogP) is 4.56. The highest BCUT2D eigenvalue weighted by Crippen LogP contribution is 2.23. The largest absolute Gasteiger partial charge is 0.458 e. The summed E-state index contributed by atoms with van der Waals surface area (Å²) in [4.78, 5) is 21.5. The summed E-state index contributed by atoms with van der Waals surface area (Å²) in [5, 5.41) is 3.23. The van der Waals surface area contributed by atoms with Crippen molar-refractivity contribution in [2.75, 3.05) is 5.32 Å². The maximum atomic E-state index is 12.5. The topological polar surface area (TPSA) is 64.1 Å². The van der Waals surface area contributed by atoms with E-state index in [1.807, 2.05) is 64.1 Å². The molecule has 0 aliphatic rings. The Morgan fingerprint density at radius 1 is 1.00 bits per heavy atom. The standard InChI is InChI=1S/C20H21N3O2/c1-12(2)25-20(24)18-19(21-15-10-13(3)9-14(4)11-15)23-17-8-6-5-7-16(17)22-18/h5-12H,1-4H3,(H,21,23). The number of fused-ring (bicyclic) bond motifs is 1. The first-order chi connectivity index (χ1) is 11.9. The molecule has 1 heterocycles. The monoisotopic (exact) mass is 335 g/mol. The van der Waals surface area contributed by atoms with E-state index in [4.69, 9.17) is 4.74 Å². The lowest BCUT2D eigenvalue weighted by atomic mass is 10.1. The fraction of sp³-hybridized carbons (Fsp3) is 0.250. The highest BCUT2D eigenvalue weighted by molar-refractivity contribution is 5.96. The summed E-state index contributed by atoms with van der Waals surface area (Å²) >= 11 is 0. The van der Waals surface area contributed by atoms with Crippen molar-refractivity contribution in [3.05, 3.63) is 59.3 Å². The van der Waals surface area contributed by atoms with Gasteiger partial charge in [-0.1, -0.05) is 18.2 Å². The van der Waals surface area contributed by atoms with Crippen LogP contribution in [0.25, 0.3) is 11.0 Å². The molecule has 3 rings (SSSR count). The van der Waals surface area contributed by atoms with Gasteiger partial charge in [0.1, 0.15) is 0 Å². The van der Waals surface area contributed by atoms with E-state index in [0.717, 1.165) is 22.3 Å². The highest BCUT2D eigenvalue weighted by Gasteiger charge is 2.19. The maximum Gasteiger partial charge on any atom is 0.361 e. The zero-order valence-electron chi connectivity index (χ0n) is 14.8. The van der Waals surface area contributed by atoms with Crippen LogP contribution in [0.2, 0.25) is 0 Å². The number of rotatable bonds is 4. The first-order valence-electron chi connectivity index (χ1n) is 8.25. The van der Waals surface area contributed by atoms with Crippen LogP contribution in [-0.2, 0) is 4.74 Å². The number of nitrogens with zero attached hydrogens (tertiary/aromatic N) is 2. The smallest absolute Gasteiger partial charge is 0.361 e. The number of para-hydroxylation sites is 2. The molecule has 1 aromatic heterocycles. The summed E-state index contributed by atoms with van der Waals surface area (Å²) < 4.78 is 5.33. The van der Waals surface area contributed by atoms with Crippen molar-refractivity contribution >= 4 is 28.5 Å². The summed E-state index contributed by atoms with van der Waals surface area (Å²) in [5.41, 5.74) is 4.68. The molecule has 0 saturated carbocycles. The van der Waals surface area contributed by atoms with Crippen LogP contribution < -0.4 is 5.32 Å². The maximum absolute atomic E-state index is 12.5. The summed E-state index contributed by atoms with van der Waals surface area (Å²) in [5.74, 6) is -0.0884. The number of ether oxygens (including phenoxy) is 1. The molecule has 0 amide bonds. The second-order valence-corrected chi connectivity index (χ2v) is 6.36. The second kappa shape index (κ2) is 6.89. The number of carbonyl (C=O) groups is 1. The van der Waals surface area contributed by atoms with Gasteiger partial charge < -0.3 is 10.1 Å². The molecule has 0 radical (unpaired) electrons. The average Bonchev–Trinajstić information content (AvgIpc) is 2.52. The van der Waals surface area contributed by atoms with Crippen LogP contribution in [0.3, 0.4) is 0 Å². The Balaban J connectivity index is 2.08. The molecule has 0 bridgehead atoms. The van der Waals surface area contributed by atoms with Crippen LogP contribution >= 0.6 is 0 Å². The average molecular weight is 335 g/mol. The third-order valence-corrected chi connectivity index (χ3v) is 3.59. The number of carbonyl (C=O) groups excluding carboxylic acids is 1. The molecule has 0 aliphatic heterocycles. The number of esters is 1. The van der Waals surface area contributed by atoms with Crippen LogP contribution in [0.5, 0.6) is 0 Å². The molecule has 3 aromatic rings. The molecule has 0 fully saturated rings. The minimum absolute atomic E-state index is 0.187. The minimum atomic E-state index is -0.486. The number of hydrogen-bond donors (Lipinski definition) is 1. The molecule has 1 N–H and O–H groups in total. The Kier molecular flexibility index (Phi) is 4.65. The molecule has 0 aliphatic carbocycles. The Morgan fingerprint density at radius 3 is 2.20 bits per heavy atom. The Labute approximate surface area is 147 Å². The van der Waals surface area contributed by atoms with E-state index < -0.39 is 5.97 Å². The molecule has 128 valence electrons. The normalized spacial score (nSPS) is 10.9. The minimum Gasteiger partial charge on any atom is -0.458 e. The number of aromatic nitrogens is 2. The zero-order valence-corrected chi connectivity index (χ0v) is 14.8. The van der Waals surface area contributed by atoms with E-state index in [1.54, 1.807) is 0 Å². The number of benzene rings is 2. The van der Waals surface area contributed by atoms with Gasteiger partial charge in [-0.05, 0) is 63.1 Å². The van der Waals surface area contributed by atoms with Crippen molar-refractivity contribution < 1.29 is 9.53 Å². The van der Waals surface area contributed by atoms with E-state index in [9.17, 15) is 4.79 Å². The Morgan fingerprint density at radius 2 is 1.60 bits per heavy atom. The fourth-order valence-corrected chi connectivity index (χ4v) is 2.68. The van der Waals surface area contributed by atoms with E-state index in [0.29, 0.717) is 11.3 Å². The summed E-state index contributed by atoms with van der Waals surface area (Å²) in [6, 6.07) is 13.5. The first kappa shape index (κ1) is 16.9. The summed E-state index contributed by atoms with van der Waals surface area (Å²) in [6.07, 6.45) is -0.227. The van der Waals surface area contributed by atoms with Gasteiger partial charge in [-0.2, -0.15) is 0 Å². The van der Waals surface area contributed by atoms with Crippen molar-refractivity contribution in [2.24, 2.45) is 0 Å². The first-order valence-corrected chi connectivity index (χ1v) is 8.25. The quantitative estimate of drug-likeness (QED) is 0.708. The number of hydrogen-bond acceptors (Lipinski definition) is 5. The lowest BCUT2D eigenvalue weighted by Crippen LogP contribution is -2.16. The molecular formula is C20H21N3O2. The van der Waals surface area contributed by atoms with Crippen molar-refractivity contribution in [1.29, 1.82) is 0 Å². The summed E-state index contributed by atoms with van der Waals surface area (Å²) in [7, 11) is 0. The van der Waals surface area contributed by atoms with Gasteiger partial charge in [0.05, 0.1) is 17.1 Å².